The summed E-state index contributed by atoms with van der Waals surface area (Å²) >= 11 is 9.61. The highest BCUT2D eigenvalue weighted by Gasteiger charge is 2.17. The first kappa shape index (κ1) is 16.1. The molecule has 0 saturated carbocycles. The Morgan fingerprint density at radius 2 is 1.95 bits per heavy atom. The van der Waals surface area contributed by atoms with Gasteiger partial charge in [-0.2, -0.15) is 0 Å². The fourth-order valence-electron chi connectivity index (χ4n) is 2.15. The van der Waals surface area contributed by atoms with Crippen LogP contribution in [0.4, 0.5) is 0 Å². The van der Waals surface area contributed by atoms with Crippen LogP contribution in [0.25, 0.3) is 0 Å². The molecule has 0 fully saturated rings. The maximum absolute atomic E-state index is 12.7. The monoisotopic (exact) mass is 365 g/mol. The number of hydrogen-bond acceptors (Lipinski definition) is 1. The van der Waals surface area contributed by atoms with Crippen LogP contribution in [0.2, 0.25) is 5.02 Å². The minimum atomic E-state index is 0.0243. The van der Waals surface area contributed by atoms with Gasteiger partial charge >= 0.3 is 0 Å². The first-order valence-electron chi connectivity index (χ1n) is 6.81. The second-order valence-electron chi connectivity index (χ2n) is 4.87. The predicted octanol–water partition coefficient (Wildman–Crippen LogP) is 5.07. The Balaban J connectivity index is 2.27. The van der Waals surface area contributed by atoms with Gasteiger partial charge in [-0.15, -0.1) is 0 Å². The molecule has 2 aromatic rings. The van der Waals surface area contributed by atoms with Crippen LogP contribution in [0, 0.1) is 6.92 Å². The van der Waals surface area contributed by atoms with Crippen LogP contribution in [-0.2, 0) is 6.54 Å². The van der Waals surface area contributed by atoms with Crippen molar-refractivity contribution in [1.29, 1.82) is 0 Å². The maximum Gasteiger partial charge on any atom is 0.254 e. The highest BCUT2D eigenvalue weighted by molar-refractivity contribution is 9.10. The van der Waals surface area contributed by atoms with Gasteiger partial charge in [0.15, 0.2) is 0 Å². The van der Waals surface area contributed by atoms with Gasteiger partial charge < -0.3 is 4.90 Å². The second kappa shape index (κ2) is 7.10. The van der Waals surface area contributed by atoms with E-state index in [0.717, 1.165) is 21.2 Å². The summed E-state index contributed by atoms with van der Waals surface area (Å²) in [7, 11) is 0. The van der Waals surface area contributed by atoms with E-state index in [0.29, 0.717) is 18.1 Å². The number of benzene rings is 2. The Labute approximate surface area is 138 Å². The first-order chi connectivity index (χ1) is 10.0. The number of carbonyl (C=O) groups excluding carboxylic acids is 1. The van der Waals surface area contributed by atoms with E-state index in [4.69, 9.17) is 11.6 Å². The summed E-state index contributed by atoms with van der Waals surface area (Å²) in [4.78, 5) is 14.5. The summed E-state index contributed by atoms with van der Waals surface area (Å²) in [5.74, 6) is 0.0243. The van der Waals surface area contributed by atoms with Crippen molar-refractivity contribution in [2.24, 2.45) is 0 Å². The van der Waals surface area contributed by atoms with E-state index in [2.05, 4.69) is 15.9 Å². The largest absolute Gasteiger partial charge is 0.335 e. The molecule has 0 saturated heterocycles. The predicted molar refractivity (Wildman–Crippen MR) is 90.7 cm³/mol. The molecule has 2 nitrogen and oxygen atoms in total. The van der Waals surface area contributed by atoms with Crippen LogP contribution < -0.4 is 0 Å². The smallest absolute Gasteiger partial charge is 0.254 e. The summed E-state index contributed by atoms with van der Waals surface area (Å²) in [6.45, 7) is 5.07. The van der Waals surface area contributed by atoms with Crippen LogP contribution in [-0.4, -0.2) is 17.4 Å². The lowest BCUT2D eigenvalue weighted by molar-refractivity contribution is 0.0752. The van der Waals surface area contributed by atoms with Gasteiger partial charge in [-0.3, -0.25) is 4.79 Å². The van der Waals surface area contributed by atoms with Gasteiger partial charge in [0.25, 0.3) is 5.91 Å². The highest BCUT2D eigenvalue weighted by atomic mass is 79.9. The Morgan fingerprint density at radius 3 is 2.62 bits per heavy atom. The van der Waals surface area contributed by atoms with Gasteiger partial charge in [0.1, 0.15) is 0 Å². The van der Waals surface area contributed by atoms with Gasteiger partial charge in [0, 0.05) is 28.1 Å². The van der Waals surface area contributed by atoms with Gasteiger partial charge in [0.05, 0.1) is 0 Å². The summed E-state index contributed by atoms with van der Waals surface area (Å²) in [6, 6.07) is 13.4. The third kappa shape index (κ3) is 3.86. The number of carbonyl (C=O) groups is 1. The Hall–Kier alpha value is -1.32. The van der Waals surface area contributed by atoms with Crippen LogP contribution in [0.3, 0.4) is 0 Å². The molecule has 0 radical (unpaired) electrons. The average molecular weight is 367 g/mol. The number of rotatable bonds is 4. The summed E-state index contributed by atoms with van der Waals surface area (Å²) in [6.07, 6.45) is 0. The third-order valence-electron chi connectivity index (χ3n) is 3.42. The minimum Gasteiger partial charge on any atom is -0.335 e. The molecule has 0 aromatic heterocycles. The standard InChI is InChI=1S/C17H17BrClNO/c1-3-20(11-13-6-4-5-7-16(13)19)17(21)15-10-14(18)9-8-12(15)2/h4-10H,3,11H2,1-2H3. The Kier molecular flexibility index (Phi) is 5.43. The van der Waals surface area contributed by atoms with Gasteiger partial charge in [0.2, 0.25) is 0 Å². The van der Waals surface area contributed by atoms with E-state index < -0.39 is 0 Å². The molecule has 0 aliphatic carbocycles. The fraction of sp³-hybridized carbons (Fsp3) is 0.235. The van der Waals surface area contributed by atoms with E-state index >= 15 is 0 Å². The molecule has 2 aromatic carbocycles. The van der Waals surface area contributed by atoms with Crippen LogP contribution in [0.5, 0.6) is 0 Å². The average Bonchev–Trinajstić information content (AvgIpc) is 2.48. The van der Waals surface area contributed by atoms with Crippen molar-refractivity contribution < 1.29 is 4.79 Å². The zero-order valence-electron chi connectivity index (χ0n) is 12.1. The molecule has 0 unspecified atom stereocenters. The summed E-state index contributed by atoms with van der Waals surface area (Å²) in [5.41, 5.74) is 2.65. The lowest BCUT2D eigenvalue weighted by Gasteiger charge is -2.22. The molecule has 0 aliphatic heterocycles. The molecule has 1 amide bonds. The zero-order valence-corrected chi connectivity index (χ0v) is 14.4. The Morgan fingerprint density at radius 1 is 1.24 bits per heavy atom. The van der Waals surface area contributed by atoms with E-state index in [1.807, 2.05) is 56.3 Å². The van der Waals surface area contributed by atoms with Crippen molar-refractivity contribution >= 4 is 33.4 Å². The van der Waals surface area contributed by atoms with Gasteiger partial charge in [-0.1, -0.05) is 51.8 Å². The molecule has 0 aliphatic rings. The van der Waals surface area contributed by atoms with Gasteiger partial charge in [-0.25, -0.2) is 0 Å². The van der Waals surface area contributed by atoms with Crippen molar-refractivity contribution in [2.75, 3.05) is 6.54 Å². The molecule has 110 valence electrons. The topological polar surface area (TPSA) is 20.3 Å². The lowest BCUT2D eigenvalue weighted by Crippen LogP contribution is -2.31. The summed E-state index contributed by atoms with van der Waals surface area (Å²) < 4.78 is 0.908. The molecule has 0 heterocycles. The van der Waals surface area contributed by atoms with Crippen molar-refractivity contribution in [1.82, 2.24) is 4.90 Å². The number of halogens is 2. The molecular weight excluding hydrogens is 350 g/mol. The van der Waals surface area contributed by atoms with Crippen LogP contribution in [0.1, 0.15) is 28.4 Å². The number of nitrogens with zero attached hydrogens (tertiary/aromatic N) is 1. The van der Waals surface area contributed by atoms with Crippen molar-refractivity contribution in [3.8, 4) is 0 Å². The summed E-state index contributed by atoms with van der Waals surface area (Å²) in [5, 5.41) is 0.690. The lowest BCUT2D eigenvalue weighted by atomic mass is 10.1. The van der Waals surface area contributed by atoms with Crippen molar-refractivity contribution in [2.45, 2.75) is 20.4 Å². The van der Waals surface area contributed by atoms with E-state index in [-0.39, 0.29) is 5.91 Å². The molecule has 2 rings (SSSR count). The fourth-order valence-corrected chi connectivity index (χ4v) is 2.71. The molecule has 0 N–H and O–H groups in total. The van der Waals surface area contributed by atoms with Crippen molar-refractivity contribution in [3.63, 3.8) is 0 Å². The number of amides is 1. The third-order valence-corrected chi connectivity index (χ3v) is 4.28. The van der Waals surface area contributed by atoms with E-state index in [9.17, 15) is 4.79 Å². The molecule has 0 spiro atoms. The SMILES string of the molecule is CCN(Cc1ccccc1Cl)C(=O)c1cc(Br)ccc1C. The maximum atomic E-state index is 12.7. The Bertz CT molecular complexity index is 657. The molecular formula is C17H17BrClNO. The van der Waals surface area contributed by atoms with Gasteiger partial charge in [-0.05, 0) is 43.2 Å². The van der Waals surface area contributed by atoms with E-state index in [1.165, 1.54) is 0 Å². The minimum absolute atomic E-state index is 0.0243. The van der Waals surface area contributed by atoms with Crippen LogP contribution in [0.15, 0.2) is 46.9 Å². The molecule has 0 bridgehead atoms. The highest BCUT2D eigenvalue weighted by Crippen LogP contribution is 2.21. The molecule has 4 heteroatoms. The first-order valence-corrected chi connectivity index (χ1v) is 7.99. The molecule has 21 heavy (non-hydrogen) atoms. The zero-order chi connectivity index (χ0) is 15.4. The van der Waals surface area contributed by atoms with Crippen molar-refractivity contribution in [3.05, 3.63) is 68.7 Å². The number of hydrogen-bond donors (Lipinski definition) is 0. The molecule has 0 atom stereocenters. The normalized spacial score (nSPS) is 10.5. The van der Waals surface area contributed by atoms with Crippen LogP contribution >= 0.6 is 27.5 Å². The van der Waals surface area contributed by atoms with E-state index in [1.54, 1.807) is 4.90 Å². The quantitative estimate of drug-likeness (QED) is 0.739. The second-order valence-corrected chi connectivity index (χ2v) is 6.19. The number of aryl methyl sites for hydroxylation is 1.